The van der Waals surface area contributed by atoms with Crippen LogP contribution in [0.5, 0.6) is 0 Å². The van der Waals surface area contributed by atoms with E-state index in [1.807, 2.05) is 0 Å². The largest absolute Gasteiger partial charge is 0.416 e. The average Bonchev–Trinajstić information content (AvgIpc) is 2.81. The van der Waals surface area contributed by atoms with Crippen LogP contribution in [-0.4, -0.2) is 50.0 Å². The molecule has 0 aliphatic rings. The van der Waals surface area contributed by atoms with Crippen LogP contribution in [0.2, 0.25) is 5.02 Å². The Kier molecular flexibility index (Phi) is 11.0. The number of carbonyl (C=O) groups is 2. The van der Waals surface area contributed by atoms with Gasteiger partial charge in [-0.05, 0) is 56.5 Å². The third-order valence-corrected chi connectivity index (χ3v) is 7.29. The number of sulfonamides is 1. The van der Waals surface area contributed by atoms with Crippen molar-refractivity contribution in [2.75, 3.05) is 17.1 Å². The van der Waals surface area contributed by atoms with E-state index >= 15 is 0 Å². The molecule has 0 aliphatic carbocycles. The van der Waals surface area contributed by atoms with Gasteiger partial charge in [0, 0.05) is 30.6 Å². The van der Waals surface area contributed by atoms with Gasteiger partial charge in [0.25, 0.3) is 0 Å². The first-order valence-electron chi connectivity index (χ1n) is 12.1. The zero-order valence-electron chi connectivity index (χ0n) is 21.8. The molecule has 2 aromatic rings. The molecule has 2 aromatic carbocycles. The summed E-state index contributed by atoms with van der Waals surface area (Å²) in [5.41, 5.74) is -0.488. The smallest absolute Gasteiger partial charge is 0.352 e. The summed E-state index contributed by atoms with van der Waals surface area (Å²) in [4.78, 5) is 27.7. The van der Waals surface area contributed by atoms with Gasteiger partial charge in [-0.1, -0.05) is 42.8 Å². The van der Waals surface area contributed by atoms with Gasteiger partial charge >= 0.3 is 6.18 Å². The lowest BCUT2D eigenvalue weighted by Crippen LogP contribution is -2.50. The summed E-state index contributed by atoms with van der Waals surface area (Å²) in [5.74, 6) is -0.738. The third kappa shape index (κ3) is 8.90. The monoisotopic (exact) mass is 575 g/mol. The number of nitrogens with one attached hydrogen (secondary N) is 1. The van der Waals surface area contributed by atoms with Crippen LogP contribution in [0, 0.1) is 0 Å². The first-order chi connectivity index (χ1) is 17.6. The molecule has 12 heteroatoms. The van der Waals surface area contributed by atoms with E-state index in [2.05, 4.69) is 5.32 Å². The maximum Gasteiger partial charge on any atom is 0.416 e. The highest BCUT2D eigenvalue weighted by Gasteiger charge is 2.32. The number of alkyl halides is 3. The molecule has 38 heavy (non-hydrogen) atoms. The molecule has 1 atom stereocenters. The minimum Gasteiger partial charge on any atom is -0.352 e. The minimum atomic E-state index is -4.64. The maximum atomic E-state index is 13.4. The minimum absolute atomic E-state index is 0.0173. The maximum absolute atomic E-state index is 13.4. The van der Waals surface area contributed by atoms with Crippen molar-refractivity contribution in [1.82, 2.24) is 10.2 Å². The topological polar surface area (TPSA) is 86.8 Å². The zero-order valence-corrected chi connectivity index (χ0v) is 23.3. The lowest BCUT2D eigenvalue weighted by molar-refractivity contribution is -0.141. The molecule has 1 unspecified atom stereocenters. The molecule has 0 saturated carbocycles. The van der Waals surface area contributed by atoms with Gasteiger partial charge < -0.3 is 10.2 Å². The van der Waals surface area contributed by atoms with Crippen LogP contribution < -0.4 is 9.62 Å². The molecule has 210 valence electrons. The fourth-order valence-electron chi connectivity index (χ4n) is 3.95. The van der Waals surface area contributed by atoms with E-state index in [1.54, 1.807) is 45.0 Å². The van der Waals surface area contributed by atoms with Crippen molar-refractivity contribution in [1.29, 1.82) is 0 Å². The fourth-order valence-corrected chi connectivity index (χ4v) is 5.10. The SMILES string of the molecule is CCC(C(=O)NC(C)C)N(Cc1ccccc1Cl)C(=O)CCCN(c1cccc(C(F)(F)F)c1)S(C)(=O)=O. The Balaban J connectivity index is 2.27. The second kappa shape index (κ2) is 13.3. The molecule has 0 heterocycles. The molecule has 0 aliphatic heterocycles. The van der Waals surface area contributed by atoms with Gasteiger partial charge in [0.2, 0.25) is 21.8 Å². The van der Waals surface area contributed by atoms with Crippen LogP contribution in [-0.2, 0) is 32.3 Å². The summed E-state index contributed by atoms with van der Waals surface area (Å²) < 4.78 is 65.2. The normalized spacial score (nSPS) is 12.8. The molecule has 0 fully saturated rings. The summed E-state index contributed by atoms with van der Waals surface area (Å²) in [6.45, 7) is 5.22. The average molecular weight is 576 g/mol. The number of nitrogens with zero attached hydrogens (tertiary/aromatic N) is 2. The summed E-state index contributed by atoms with van der Waals surface area (Å²) in [6.07, 6.45) is -3.54. The molecule has 0 aromatic heterocycles. The second-order valence-corrected chi connectivity index (χ2v) is 11.5. The fraction of sp³-hybridized carbons (Fsp3) is 0.462. The number of halogens is 4. The van der Waals surface area contributed by atoms with E-state index in [0.717, 1.165) is 28.8 Å². The van der Waals surface area contributed by atoms with E-state index < -0.39 is 33.7 Å². The molecular formula is C26H33ClF3N3O4S. The Morgan fingerprint density at radius 3 is 2.29 bits per heavy atom. The molecular weight excluding hydrogens is 543 g/mol. The Hall–Kier alpha value is -2.79. The summed E-state index contributed by atoms with van der Waals surface area (Å²) in [5, 5.41) is 3.25. The summed E-state index contributed by atoms with van der Waals surface area (Å²) >= 11 is 6.30. The first kappa shape index (κ1) is 31.4. The quantitative estimate of drug-likeness (QED) is 0.375. The van der Waals surface area contributed by atoms with Crippen LogP contribution >= 0.6 is 11.6 Å². The molecule has 0 radical (unpaired) electrons. The van der Waals surface area contributed by atoms with Crippen LogP contribution in [0.4, 0.5) is 18.9 Å². The van der Waals surface area contributed by atoms with Gasteiger partial charge in [0.15, 0.2) is 0 Å². The highest BCUT2D eigenvalue weighted by Crippen LogP contribution is 2.32. The van der Waals surface area contributed by atoms with Crippen molar-refractivity contribution < 1.29 is 31.2 Å². The van der Waals surface area contributed by atoms with Gasteiger partial charge in [-0.2, -0.15) is 13.2 Å². The number of carbonyl (C=O) groups excluding carboxylic acids is 2. The summed E-state index contributed by atoms with van der Waals surface area (Å²) in [6, 6.07) is 10.00. The second-order valence-electron chi connectivity index (χ2n) is 9.19. The van der Waals surface area contributed by atoms with Crippen molar-refractivity contribution in [3.8, 4) is 0 Å². The summed E-state index contributed by atoms with van der Waals surface area (Å²) in [7, 11) is -3.94. The van der Waals surface area contributed by atoms with E-state index in [9.17, 15) is 31.2 Å². The van der Waals surface area contributed by atoms with Crippen molar-refractivity contribution >= 4 is 39.1 Å². The number of amides is 2. The Bertz CT molecular complexity index is 1220. The number of benzene rings is 2. The molecule has 1 N–H and O–H groups in total. The Morgan fingerprint density at radius 2 is 1.74 bits per heavy atom. The van der Waals surface area contributed by atoms with Crippen LogP contribution in [0.1, 0.15) is 51.2 Å². The van der Waals surface area contributed by atoms with Gasteiger partial charge in [-0.15, -0.1) is 0 Å². The predicted molar refractivity (Wildman–Crippen MR) is 142 cm³/mol. The molecule has 0 bridgehead atoms. The van der Waals surface area contributed by atoms with E-state index in [-0.39, 0.29) is 43.6 Å². The number of rotatable bonds is 12. The van der Waals surface area contributed by atoms with Crippen LogP contribution in [0.25, 0.3) is 0 Å². The Labute approximate surface area is 227 Å². The number of anilines is 1. The van der Waals surface area contributed by atoms with E-state index in [4.69, 9.17) is 11.6 Å². The zero-order chi connectivity index (χ0) is 28.7. The van der Waals surface area contributed by atoms with E-state index in [0.29, 0.717) is 17.0 Å². The lowest BCUT2D eigenvalue weighted by atomic mass is 10.1. The Morgan fingerprint density at radius 1 is 1.08 bits per heavy atom. The number of hydrogen-bond acceptors (Lipinski definition) is 4. The highest BCUT2D eigenvalue weighted by atomic mass is 35.5. The van der Waals surface area contributed by atoms with Gasteiger partial charge in [-0.3, -0.25) is 13.9 Å². The van der Waals surface area contributed by atoms with Crippen molar-refractivity contribution in [3.05, 3.63) is 64.7 Å². The lowest BCUT2D eigenvalue weighted by Gasteiger charge is -2.32. The third-order valence-electron chi connectivity index (χ3n) is 5.73. The molecule has 2 amide bonds. The van der Waals surface area contributed by atoms with Gasteiger partial charge in [-0.25, -0.2) is 8.42 Å². The van der Waals surface area contributed by atoms with Crippen molar-refractivity contribution in [2.45, 2.75) is 64.8 Å². The van der Waals surface area contributed by atoms with Gasteiger partial charge in [0.05, 0.1) is 17.5 Å². The molecule has 7 nitrogen and oxygen atoms in total. The van der Waals surface area contributed by atoms with Crippen molar-refractivity contribution in [2.24, 2.45) is 0 Å². The molecule has 0 saturated heterocycles. The van der Waals surface area contributed by atoms with Crippen molar-refractivity contribution in [3.63, 3.8) is 0 Å². The molecule has 2 rings (SSSR count). The van der Waals surface area contributed by atoms with Crippen LogP contribution in [0.3, 0.4) is 0 Å². The van der Waals surface area contributed by atoms with E-state index in [1.165, 1.54) is 11.0 Å². The standard InChI is InChI=1S/C26H33ClF3N3O4S/c1-5-23(25(35)31-18(2)3)32(17-19-10-6-7-13-22(19)27)24(34)14-9-15-33(38(4,36)37)21-12-8-11-20(16-21)26(28,29)30/h6-8,10-13,16,18,23H,5,9,14-15,17H2,1-4H3,(H,31,35). The first-order valence-corrected chi connectivity index (χ1v) is 14.4. The molecule has 0 spiro atoms. The highest BCUT2D eigenvalue weighted by molar-refractivity contribution is 7.92. The van der Waals surface area contributed by atoms with Crippen LogP contribution in [0.15, 0.2) is 48.5 Å². The van der Waals surface area contributed by atoms with Gasteiger partial charge in [0.1, 0.15) is 6.04 Å². The predicted octanol–water partition coefficient (Wildman–Crippen LogP) is 5.24. The number of hydrogen-bond donors (Lipinski definition) is 1.